The molecule has 4 nitrogen and oxygen atoms in total. The van der Waals surface area contributed by atoms with E-state index in [-0.39, 0.29) is 5.91 Å². The van der Waals surface area contributed by atoms with Crippen LogP contribution in [0, 0.1) is 0 Å². The third kappa shape index (κ3) is 3.70. The molecule has 0 bridgehead atoms. The van der Waals surface area contributed by atoms with E-state index in [0.29, 0.717) is 29.7 Å². The van der Waals surface area contributed by atoms with Gasteiger partial charge in [0, 0.05) is 18.2 Å². The lowest BCUT2D eigenvalue weighted by atomic mass is 10.1. The number of carbonyl (C=O) groups is 1. The summed E-state index contributed by atoms with van der Waals surface area (Å²) in [6, 6.07) is 9.74. The van der Waals surface area contributed by atoms with Gasteiger partial charge in [-0.05, 0) is 66.3 Å². The Labute approximate surface area is 157 Å². The van der Waals surface area contributed by atoms with Crippen molar-refractivity contribution in [1.29, 1.82) is 0 Å². The van der Waals surface area contributed by atoms with Crippen molar-refractivity contribution in [3.05, 3.63) is 58.1 Å². The fourth-order valence-electron chi connectivity index (χ4n) is 3.35. The number of hydrogen-bond donors (Lipinski definition) is 1. The number of benzene rings is 2. The van der Waals surface area contributed by atoms with Crippen LogP contribution in [0.5, 0.6) is 11.5 Å². The molecule has 0 atom stereocenters. The summed E-state index contributed by atoms with van der Waals surface area (Å²) in [4.78, 5) is 12.2. The molecule has 1 amide bonds. The molecule has 26 heavy (non-hydrogen) atoms. The number of anilines is 1. The van der Waals surface area contributed by atoms with Gasteiger partial charge < -0.3 is 14.8 Å². The Kier molecular flexibility index (Phi) is 4.85. The number of amides is 1. The highest BCUT2D eigenvalue weighted by atomic mass is 35.5. The highest BCUT2D eigenvalue weighted by molar-refractivity contribution is 6.32. The molecular formula is C21H20ClNO3. The van der Waals surface area contributed by atoms with Crippen molar-refractivity contribution in [2.45, 2.75) is 25.7 Å². The van der Waals surface area contributed by atoms with Gasteiger partial charge in [-0.15, -0.1) is 0 Å². The highest BCUT2D eigenvalue weighted by Crippen LogP contribution is 2.38. The van der Waals surface area contributed by atoms with Gasteiger partial charge in [0.15, 0.2) is 11.5 Å². The second-order valence-corrected chi connectivity index (χ2v) is 6.95. The normalized spacial score (nSPS) is 15.6. The fraction of sp³-hybridized carbons (Fsp3) is 0.286. The molecule has 5 heteroatoms. The zero-order chi connectivity index (χ0) is 17.9. The number of fused-ring (bicyclic) bond motifs is 2. The van der Waals surface area contributed by atoms with Crippen molar-refractivity contribution in [3.63, 3.8) is 0 Å². The van der Waals surface area contributed by atoms with Gasteiger partial charge in [0.2, 0.25) is 5.91 Å². The summed E-state index contributed by atoms with van der Waals surface area (Å²) in [5.41, 5.74) is 4.35. The number of carbonyl (C=O) groups excluding carboxylic acids is 1. The molecular weight excluding hydrogens is 350 g/mol. The van der Waals surface area contributed by atoms with E-state index >= 15 is 0 Å². The first-order chi connectivity index (χ1) is 12.7. The minimum Gasteiger partial charge on any atom is -0.489 e. The van der Waals surface area contributed by atoms with Crippen LogP contribution in [0.3, 0.4) is 0 Å². The summed E-state index contributed by atoms with van der Waals surface area (Å²) in [6.45, 7) is 1.18. The SMILES string of the molecule is O=C(/C=C/c1cc(Cl)c2c(c1)OCCCO2)Nc1ccc2c(c1)CCC2. The van der Waals surface area contributed by atoms with Crippen LogP contribution in [0.25, 0.3) is 6.08 Å². The van der Waals surface area contributed by atoms with Crippen LogP contribution in [0.1, 0.15) is 29.5 Å². The van der Waals surface area contributed by atoms with Gasteiger partial charge in [-0.25, -0.2) is 0 Å². The van der Waals surface area contributed by atoms with Crippen LogP contribution >= 0.6 is 11.6 Å². The smallest absolute Gasteiger partial charge is 0.248 e. The predicted octanol–water partition coefficient (Wildman–Crippen LogP) is 4.64. The monoisotopic (exact) mass is 369 g/mol. The molecule has 1 aliphatic carbocycles. The molecule has 2 aromatic carbocycles. The van der Waals surface area contributed by atoms with Crippen molar-refractivity contribution in [3.8, 4) is 11.5 Å². The van der Waals surface area contributed by atoms with E-state index in [4.69, 9.17) is 21.1 Å². The second kappa shape index (κ2) is 7.42. The molecule has 134 valence electrons. The summed E-state index contributed by atoms with van der Waals surface area (Å²) in [5.74, 6) is 1.02. The van der Waals surface area contributed by atoms with Crippen molar-refractivity contribution in [2.24, 2.45) is 0 Å². The van der Waals surface area contributed by atoms with Gasteiger partial charge in [-0.3, -0.25) is 4.79 Å². The number of nitrogens with one attached hydrogen (secondary N) is 1. The zero-order valence-electron chi connectivity index (χ0n) is 14.4. The zero-order valence-corrected chi connectivity index (χ0v) is 15.1. The standard InChI is InChI=1S/C21H20ClNO3/c22-18-11-14(12-19-21(18)26-10-2-9-25-19)5-8-20(24)23-17-7-6-15-3-1-4-16(15)13-17/h5-8,11-13H,1-4,9-10H2,(H,23,24)/b8-5+. The van der Waals surface area contributed by atoms with Gasteiger partial charge in [0.1, 0.15) is 0 Å². The molecule has 0 saturated carbocycles. The van der Waals surface area contributed by atoms with Crippen molar-refractivity contribution < 1.29 is 14.3 Å². The average Bonchev–Trinajstić information content (AvgIpc) is 2.96. The van der Waals surface area contributed by atoms with E-state index in [0.717, 1.165) is 30.5 Å². The van der Waals surface area contributed by atoms with Crippen LogP contribution in [-0.2, 0) is 17.6 Å². The summed E-state index contributed by atoms with van der Waals surface area (Å²) in [5, 5.41) is 3.40. The van der Waals surface area contributed by atoms with Crippen LogP contribution in [-0.4, -0.2) is 19.1 Å². The van der Waals surface area contributed by atoms with Crippen molar-refractivity contribution in [1.82, 2.24) is 0 Å². The predicted molar refractivity (Wildman–Crippen MR) is 103 cm³/mol. The first-order valence-corrected chi connectivity index (χ1v) is 9.27. The van der Waals surface area contributed by atoms with E-state index < -0.39 is 0 Å². The molecule has 0 spiro atoms. The topological polar surface area (TPSA) is 47.6 Å². The van der Waals surface area contributed by atoms with Crippen LogP contribution in [0.4, 0.5) is 5.69 Å². The van der Waals surface area contributed by atoms with Crippen LogP contribution < -0.4 is 14.8 Å². The Hall–Kier alpha value is -2.46. The molecule has 0 unspecified atom stereocenters. The van der Waals surface area contributed by atoms with E-state index in [1.807, 2.05) is 12.1 Å². The summed E-state index contributed by atoms with van der Waals surface area (Å²) >= 11 is 6.28. The van der Waals surface area contributed by atoms with Crippen LogP contribution in [0.2, 0.25) is 5.02 Å². The lowest BCUT2D eigenvalue weighted by Crippen LogP contribution is -2.08. The quantitative estimate of drug-likeness (QED) is 0.801. The van der Waals surface area contributed by atoms with Gasteiger partial charge in [0.25, 0.3) is 0 Å². The highest BCUT2D eigenvalue weighted by Gasteiger charge is 2.15. The van der Waals surface area contributed by atoms with Gasteiger partial charge in [-0.2, -0.15) is 0 Å². The van der Waals surface area contributed by atoms with E-state index in [9.17, 15) is 4.79 Å². The Morgan fingerprint density at radius 3 is 2.81 bits per heavy atom. The number of halogens is 1. The maximum absolute atomic E-state index is 12.2. The van der Waals surface area contributed by atoms with Gasteiger partial charge in [-0.1, -0.05) is 17.7 Å². The molecule has 0 aromatic heterocycles. The van der Waals surface area contributed by atoms with Crippen molar-refractivity contribution in [2.75, 3.05) is 18.5 Å². The molecule has 0 saturated heterocycles. The largest absolute Gasteiger partial charge is 0.489 e. The molecule has 0 fully saturated rings. The summed E-state index contributed by atoms with van der Waals surface area (Å²) in [6.07, 6.45) is 7.46. The minimum atomic E-state index is -0.175. The third-order valence-corrected chi connectivity index (χ3v) is 4.90. The average molecular weight is 370 g/mol. The first-order valence-electron chi connectivity index (χ1n) is 8.89. The molecule has 1 aliphatic heterocycles. The lowest BCUT2D eigenvalue weighted by Gasteiger charge is -2.10. The minimum absolute atomic E-state index is 0.175. The third-order valence-electron chi connectivity index (χ3n) is 4.62. The second-order valence-electron chi connectivity index (χ2n) is 6.54. The first kappa shape index (κ1) is 17.0. The Morgan fingerprint density at radius 2 is 1.88 bits per heavy atom. The number of ether oxygens (including phenoxy) is 2. The lowest BCUT2D eigenvalue weighted by molar-refractivity contribution is -0.111. The molecule has 2 aromatic rings. The van der Waals surface area contributed by atoms with Gasteiger partial charge >= 0.3 is 0 Å². The maximum atomic E-state index is 12.2. The van der Waals surface area contributed by atoms with Gasteiger partial charge in [0.05, 0.1) is 18.2 Å². The summed E-state index contributed by atoms with van der Waals surface area (Å²) in [7, 11) is 0. The van der Waals surface area contributed by atoms with E-state index in [2.05, 4.69) is 17.4 Å². The molecule has 1 N–H and O–H groups in total. The van der Waals surface area contributed by atoms with Crippen LogP contribution in [0.15, 0.2) is 36.4 Å². The fourth-order valence-corrected chi connectivity index (χ4v) is 3.63. The Bertz CT molecular complexity index is 876. The molecule has 2 aliphatic rings. The molecule has 4 rings (SSSR count). The number of rotatable bonds is 3. The number of hydrogen-bond acceptors (Lipinski definition) is 3. The summed E-state index contributed by atoms with van der Waals surface area (Å²) < 4.78 is 11.3. The number of aryl methyl sites for hydroxylation is 2. The van der Waals surface area contributed by atoms with Crippen molar-refractivity contribution >= 4 is 29.3 Å². The molecule has 0 radical (unpaired) electrons. The maximum Gasteiger partial charge on any atom is 0.248 e. The van der Waals surface area contributed by atoms with E-state index in [1.54, 1.807) is 12.1 Å². The Morgan fingerprint density at radius 1 is 1.04 bits per heavy atom. The Balaban J connectivity index is 1.46. The molecule has 1 heterocycles. The van der Waals surface area contributed by atoms with E-state index in [1.165, 1.54) is 23.6 Å².